The van der Waals surface area contributed by atoms with E-state index in [1.165, 1.54) is 0 Å². The predicted octanol–water partition coefficient (Wildman–Crippen LogP) is 1.91. The number of nitrogens with zero attached hydrogens (tertiary/aromatic N) is 1. The van der Waals surface area contributed by atoms with Crippen molar-refractivity contribution < 1.29 is 0 Å². The Morgan fingerprint density at radius 1 is 1.25 bits per heavy atom. The Morgan fingerprint density at radius 2 is 1.83 bits per heavy atom. The van der Waals surface area contributed by atoms with Crippen LogP contribution >= 0.6 is 0 Å². The highest BCUT2D eigenvalue weighted by atomic mass is 16.1. The molecule has 1 aromatic heterocycles. The first-order valence-electron chi connectivity index (χ1n) is 4.12. The lowest BCUT2D eigenvalue weighted by atomic mass is 10.1. The number of rotatable bonds is 0. The summed E-state index contributed by atoms with van der Waals surface area (Å²) in [7, 11) is 0. The Morgan fingerprint density at radius 3 is 2.17 bits per heavy atom. The first-order valence-corrected chi connectivity index (χ1v) is 4.12. The Hall–Kier alpha value is -1.05. The van der Waals surface area contributed by atoms with E-state index in [1.807, 2.05) is 33.8 Å². The van der Waals surface area contributed by atoms with Gasteiger partial charge in [0, 0.05) is 17.3 Å². The van der Waals surface area contributed by atoms with E-state index >= 15 is 0 Å². The SMILES string of the molecule is Cc1cccc(=O)n1C(C)(C)C. The summed E-state index contributed by atoms with van der Waals surface area (Å²) in [5, 5.41) is 0. The Balaban J connectivity index is 3.42. The third-order valence-electron chi connectivity index (χ3n) is 1.82. The van der Waals surface area contributed by atoms with Crippen LogP contribution in [-0.4, -0.2) is 4.57 Å². The van der Waals surface area contributed by atoms with Crippen molar-refractivity contribution >= 4 is 0 Å². The molecule has 0 amide bonds. The fraction of sp³-hybridized carbons (Fsp3) is 0.500. The van der Waals surface area contributed by atoms with Gasteiger partial charge in [-0.1, -0.05) is 6.07 Å². The standard InChI is InChI=1S/C10H15NO/c1-8-6-5-7-9(12)11(8)10(2,3)4/h5-7H,1-4H3. The van der Waals surface area contributed by atoms with E-state index in [9.17, 15) is 4.79 Å². The quantitative estimate of drug-likeness (QED) is 0.575. The maximum Gasteiger partial charge on any atom is 0.251 e. The molecule has 0 saturated heterocycles. The van der Waals surface area contributed by atoms with Crippen molar-refractivity contribution in [3.05, 3.63) is 34.2 Å². The molecular weight excluding hydrogens is 150 g/mol. The van der Waals surface area contributed by atoms with Crippen LogP contribution in [0.1, 0.15) is 26.5 Å². The van der Waals surface area contributed by atoms with Gasteiger partial charge in [0.1, 0.15) is 0 Å². The zero-order chi connectivity index (χ0) is 9.35. The summed E-state index contributed by atoms with van der Waals surface area (Å²) in [5.41, 5.74) is 0.958. The summed E-state index contributed by atoms with van der Waals surface area (Å²) in [5.74, 6) is 0. The first-order chi connectivity index (χ1) is 5.43. The van der Waals surface area contributed by atoms with Crippen LogP contribution in [0.5, 0.6) is 0 Å². The molecule has 0 aliphatic heterocycles. The third kappa shape index (κ3) is 1.58. The molecule has 1 heterocycles. The lowest BCUT2D eigenvalue weighted by Gasteiger charge is -2.24. The van der Waals surface area contributed by atoms with Gasteiger partial charge in [-0.25, -0.2) is 0 Å². The van der Waals surface area contributed by atoms with E-state index in [1.54, 1.807) is 16.7 Å². The van der Waals surface area contributed by atoms with Crippen LogP contribution in [0.3, 0.4) is 0 Å². The molecular formula is C10H15NO. The van der Waals surface area contributed by atoms with Crippen molar-refractivity contribution in [2.24, 2.45) is 0 Å². The second-order valence-corrected chi connectivity index (χ2v) is 4.01. The highest BCUT2D eigenvalue weighted by Gasteiger charge is 2.15. The van der Waals surface area contributed by atoms with Gasteiger partial charge in [0.2, 0.25) is 0 Å². The summed E-state index contributed by atoms with van der Waals surface area (Å²) in [6.07, 6.45) is 0. The molecule has 0 spiro atoms. The third-order valence-corrected chi connectivity index (χ3v) is 1.82. The van der Waals surface area contributed by atoms with Gasteiger partial charge in [-0.2, -0.15) is 0 Å². The highest BCUT2D eigenvalue weighted by molar-refractivity contribution is 5.07. The maximum absolute atomic E-state index is 11.4. The second kappa shape index (κ2) is 2.77. The zero-order valence-electron chi connectivity index (χ0n) is 8.09. The summed E-state index contributed by atoms with van der Waals surface area (Å²) in [4.78, 5) is 11.4. The summed E-state index contributed by atoms with van der Waals surface area (Å²) < 4.78 is 1.80. The lowest BCUT2D eigenvalue weighted by molar-refractivity contribution is 0.376. The maximum atomic E-state index is 11.4. The van der Waals surface area contributed by atoms with E-state index in [0.29, 0.717) is 0 Å². The van der Waals surface area contributed by atoms with Crippen LogP contribution in [0.15, 0.2) is 23.0 Å². The molecule has 1 aromatic rings. The molecule has 0 fully saturated rings. The topological polar surface area (TPSA) is 22.0 Å². The summed E-state index contributed by atoms with van der Waals surface area (Å²) in [6.45, 7) is 8.04. The molecule has 0 aliphatic rings. The van der Waals surface area contributed by atoms with E-state index < -0.39 is 0 Å². The smallest absolute Gasteiger partial charge is 0.251 e. The fourth-order valence-electron chi connectivity index (χ4n) is 1.45. The van der Waals surface area contributed by atoms with Crippen molar-refractivity contribution in [1.82, 2.24) is 4.57 Å². The Labute approximate surface area is 72.8 Å². The minimum absolute atomic E-state index is 0.0718. The fourth-order valence-corrected chi connectivity index (χ4v) is 1.45. The Bertz CT molecular complexity index is 330. The van der Waals surface area contributed by atoms with Gasteiger partial charge in [0.05, 0.1) is 0 Å². The monoisotopic (exact) mass is 165 g/mol. The van der Waals surface area contributed by atoms with Gasteiger partial charge in [0.15, 0.2) is 0 Å². The van der Waals surface area contributed by atoms with Gasteiger partial charge in [-0.05, 0) is 33.8 Å². The first kappa shape index (κ1) is 9.04. The summed E-state index contributed by atoms with van der Waals surface area (Å²) in [6, 6.07) is 5.34. The molecule has 0 bridgehead atoms. The Kier molecular flexibility index (Phi) is 2.09. The number of aromatic nitrogens is 1. The summed E-state index contributed by atoms with van der Waals surface area (Å²) >= 11 is 0. The molecule has 0 aromatic carbocycles. The van der Waals surface area contributed by atoms with Crippen LogP contribution in [0.4, 0.5) is 0 Å². The molecule has 2 heteroatoms. The number of hydrogen-bond acceptors (Lipinski definition) is 1. The number of aryl methyl sites for hydroxylation is 1. The molecule has 66 valence electrons. The average Bonchev–Trinajstić information content (AvgIpc) is 1.82. The number of pyridine rings is 1. The molecule has 0 radical (unpaired) electrons. The predicted molar refractivity (Wildman–Crippen MR) is 50.4 cm³/mol. The van der Waals surface area contributed by atoms with E-state index in [2.05, 4.69) is 0 Å². The molecule has 2 nitrogen and oxygen atoms in total. The van der Waals surface area contributed by atoms with Gasteiger partial charge < -0.3 is 4.57 Å². The minimum atomic E-state index is -0.123. The van der Waals surface area contributed by atoms with Gasteiger partial charge in [-0.15, -0.1) is 0 Å². The largest absolute Gasteiger partial charge is 0.308 e. The van der Waals surface area contributed by atoms with E-state index in [4.69, 9.17) is 0 Å². The van der Waals surface area contributed by atoms with Gasteiger partial charge in [0.25, 0.3) is 5.56 Å². The van der Waals surface area contributed by atoms with Crippen molar-refractivity contribution in [3.8, 4) is 0 Å². The van der Waals surface area contributed by atoms with Crippen molar-refractivity contribution in [3.63, 3.8) is 0 Å². The van der Waals surface area contributed by atoms with Gasteiger partial charge >= 0.3 is 0 Å². The van der Waals surface area contributed by atoms with Crippen LogP contribution in [0.25, 0.3) is 0 Å². The van der Waals surface area contributed by atoms with Crippen LogP contribution < -0.4 is 5.56 Å². The molecule has 0 atom stereocenters. The molecule has 12 heavy (non-hydrogen) atoms. The highest BCUT2D eigenvalue weighted by Crippen LogP contribution is 2.12. The number of hydrogen-bond donors (Lipinski definition) is 0. The molecule has 0 aliphatic carbocycles. The zero-order valence-corrected chi connectivity index (χ0v) is 8.09. The second-order valence-electron chi connectivity index (χ2n) is 4.01. The van der Waals surface area contributed by atoms with Crippen molar-refractivity contribution in [2.75, 3.05) is 0 Å². The van der Waals surface area contributed by atoms with E-state index in [0.717, 1.165) is 5.69 Å². The van der Waals surface area contributed by atoms with Crippen molar-refractivity contribution in [1.29, 1.82) is 0 Å². The van der Waals surface area contributed by atoms with E-state index in [-0.39, 0.29) is 11.1 Å². The molecule has 0 saturated carbocycles. The van der Waals surface area contributed by atoms with Crippen LogP contribution in [0.2, 0.25) is 0 Å². The average molecular weight is 165 g/mol. The molecule has 1 rings (SSSR count). The van der Waals surface area contributed by atoms with Crippen LogP contribution in [-0.2, 0) is 5.54 Å². The molecule has 0 unspecified atom stereocenters. The van der Waals surface area contributed by atoms with Crippen molar-refractivity contribution in [2.45, 2.75) is 33.2 Å². The van der Waals surface area contributed by atoms with Crippen LogP contribution in [0, 0.1) is 6.92 Å². The normalized spacial score (nSPS) is 11.7. The lowest BCUT2D eigenvalue weighted by Crippen LogP contribution is -2.34. The molecule has 0 N–H and O–H groups in total. The minimum Gasteiger partial charge on any atom is -0.308 e. The van der Waals surface area contributed by atoms with Gasteiger partial charge in [-0.3, -0.25) is 4.79 Å².